The van der Waals surface area contributed by atoms with E-state index in [1.54, 1.807) is 24.3 Å². The van der Waals surface area contributed by atoms with Gasteiger partial charge in [0.15, 0.2) is 0 Å². The van der Waals surface area contributed by atoms with E-state index in [9.17, 15) is 8.42 Å². The van der Waals surface area contributed by atoms with Crippen LogP contribution in [0, 0.1) is 0 Å². The standard InChI is InChI=1S/C16H21NO2S/c1-5-17(6-2)15-12(3)13(4)16(15)20(18,19)14-10-8-7-9-11-14/h7-11H,5-6H2,1-4H3. The highest BCUT2D eigenvalue weighted by molar-refractivity contribution is 7.95. The molecule has 4 heteroatoms. The van der Waals surface area contributed by atoms with E-state index < -0.39 is 9.84 Å². The maximum atomic E-state index is 12.8. The minimum absolute atomic E-state index is 0.367. The van der Waals surface area contributed by atoms with Crippen LogP contribution in [0.3, 0.4) is 0 Å². The lowest BCUT2D eigenvalue weighted by Gasteiger charge is -2.35. The highest BCUT2D eigenvalue weighted by Crippen LogP contribution is 2.42. The van der Waals surface area contributed by atoms with Crippen LogP contribution in [0.2, 0.25) is 0 Å². The molecule has 0 N–H and O–H groups in total. The Labute approximate surface area is 121 Å². The molecule has 0 saturated carbocycles. The summed E-state index contributed by atoms with van der Waals surface area (Å²) in [6.45, 7) is 9.59. The van der Waals surface area contributed by atoms with E-state index in [4.69, 9.17) is 0 Å². The van der Waals surface area contributed by atoms with Crippen molar-refractivity contribution < 1.29 is 8.42 Å². The van der Waals surface area contributed by atoms with Crippen LogP contribution >= 0.6 is 0 Å². The fourth-order valence-electron chi connectivity index (χ4n) is 2.60. The van der Waals surface area contributed by atoms with Crippen LogP contribution in [0.4, 0.5) is 0 Å². The molecule has 1 aromatic rings. The molecule has 1 aliphatic carbocycles. The second kappa shape index (κ2) is 5.44. The average Bonchev–Trinajstić information content (AvgIpc) is 2.47. The molecule has 3 nitrogen and oxygen atoms in total. The van der Waals surface area contributed by atoms with Crippen molar-refractivity contribution in [1.82, 2.24) is 4.90 Å². The molecular formula is C16H21NO2S. The summed E-state index contributed by atoms with van der Waals surface area (Å²) >= 11 is 0. The molecule has 0 spiro atoms. The van der Waals surface area contributed by atoms with Gasteiger partial charge in [0.2, 0.25) is 9.84 Å². The molecule has 0 aromatic heterocycles. The molecule has 0 amide bonds. The fraction of sp³-hybridized carbons (Fsp3) is 0.375. The van der Waals surface area contributed by atoms with E-state index in [1.165, 1.54) is 0 Å². The molecular weight excluding hydrogens is 270 g/mol. The van der Waals surface area contributed by atoms with Crippen LogP contribution in [-0.4, -0.2) is 26.4 Å². The average molecular weight is 291 g/mol. The number of nitrogens with zero attached hydrogens (tertiary/aromatic N) is 1. The van der Waals surface area contributed by atoms with Crippen LogP contribution in [0.15, 0.2) is 57.0 Å². The van der Waals surface area contributed by atoms with E-state index in [-0.39, 0.29) is 0 Å². The number of sulfone groups is 1. The van der Waals surface area contributed by atoms with Crippen LogP contribution in [-0.2, 0) is 9.84 Å². The maximum Gasteiger partial charge on any atom is 0.208 e. The molecule has 108 valence electrons. The highest BCUT2D eigenvalue weighted by Gasteiger charge is 2.36. The van der Waals surface area contributed by atoms with Crippen LogP contribution < -0.4 is 0 Å². The number of rotatable bonds is 5. The van der Waals surface area contributed by atoms with Gasteiger partial charge in [-0.25, -0.2) is 8.42 Å². The van der Waals surface area contributed by atoms with Gasteiger partial charge in [0.1, 0.15) is 0 Å². The molecule has 0 atom stereocenters. The van der Waals surface area contributed by atoms with Gasteiger partial charge in [-0.05, 0) is 51.0 Å². The third-order valence-electron chi connectivity index (χ3n) is 3.88. The van der Waals surface area contributed by atoms with Crippen LogP contribution in [0.25, 0.3) is 0 Å². The first-order valence-corrected chi connectivity index (χ1v) is 8.41. The third kappa shape index (κ3) is 2.18. The molecule has 0 bridgehead atoms. The Morgan fingerprint density at radius 1 is 0.950 bits per heavy atom. The van der Waals surface area contributed by atoms with Crippen molar-refractivity contribution in [1.29, 1.82) is 0 Å². The van der Waals surface area contributed by atoms with Crippen LogP contribution in [0.5, 0.6) is 0 Å². The molecule has 0 unspecified atom stereocenters. The molecule has 0 radical (unpaired) electrons. The van der Waals surface area contributed by atoms with Gasteiger partial charge in [-0.3, -0.25) is 0 Å². The Balaban J connectivity index is 2.55. The maximum absolute atomic E-state index is 12.8. The zero-order valence-corrected chi connectivity index (χ0v) is 13.3. The van der Waals surface area contributed by atoms with Gasteiger partial charge in [0, 0.05) is 13.1 Å². The largest absolute Gasteiger partial charge is 0.371 e. The van der Waals surface area contributed by atoms with Crippen molar-refractivity contribution in [2.24, 2.45) is 0 Å². The summed E-state index contributed by atoms with van der Waals surface area (Å²) in [6.07, 6.45) is 0. The van der Waals surface area contributed by atoms with Gasteiger partial charge in [-0.15, -0.1) is 0 Å². The van der Waals surface area contributed by atoms with E-state index in [1.807, 2.05) is 33.8 Å². The Hall–Kier alpha value is -1.55. The topological polar surface area (TPSA) is 37.4 Å². The Kier molecular flexibility index (Phi) is 4.04. The Morgan fingerprint density at radius 2 is 1.50 bits per heavy atom. The van der Waals surface area contributed by atoms with Crippen molar-refractivity contribution in [3.8, 4) is 0 Å². The predicted molar refractivity (Wildman–Crippen MR) is 81.9 cm³/mol. The Morgan fingerprint density at radius 3 is 2.00 bits per heavy atom. The fourth-order valence-corrected chi connectivity index (χ4v) is 4.44. The van der Waals surface area contributed by atoms with E-state index in [0.29, 0.717) is 9.80 Å². The molecule has 0 fully saturated rings. The quantitative estimate of drug-likeness (QED) is 0.834. The molecule has 1 aliphatic rings. The van der Waals surface area contributed by atoms with Gasteiger partial charge < -0.3 is 4.90 Å². The minimum atomic E-state index is -3.42. The van der Waals surface area contributed by atoms with Gasteiger partial charge in [-0.2, -0.15) is 0 Å². The van der Waals surface area contributed by atoms with Crippen LogP contribution in [0.1, 0.15) is 27.7 Å². The summed E-state index contributed by atoms with van der Waals surface area (Å²) in [5, 5.41) is 0. The Bertz CT molecular complexity index is 666. The van der Waals surface area contributed by atoms with Crippen molar-refractivity contribution in [2.75, 3.05) is 13.1 Å². The first-order chi connectivity index (χ1) is 9.45. The SMILES string of the molecule is CCN(CC)C1=C(S(=O)(=O)c2ccccc2)C(C)=C1C. The number of likely N-dealkylation sites (N-methyl/N-ethyl adjacent to an activating group) is 1. The molecule has 20 heavy (non-hydrogen) atoms. The lowest BCUT2D eigenvalue weighted by Crippen LogP contribution is -2.31. The lowest BCUT2D eigenvalue weighted by atomic mass is 9.95. The number of allylic oxidation sites excluding steroid dienone is 2. The predicted octanol–water partition coefficient (Wildman–Crippen LogP) is 3.36. The normalized spacial score (nSPS) is 15.4. The summed E-state index contributed by atoms with van der Waals surface area (Å²) in [5.74, 6) is 0. The summed E-state index contributed by atoms with van der Waals surface area (Å²) in [4.78, 5) is 2.97. The van der Waals surface area contributed by atoms with Crippen molar-refractivity contribution in [2.45, 2.75) is 32.6 Å². The molecule has 2 rings (SSSR count). The van der Waals surface area contributed by atoms with Crippen molar-refractivity contribution in [3.05, 3.63) is 52.1 Å². The van der Waals surface area contributed by atoms with E-state index >= 15 is 0 Å². The minimum Gasteiger partial charge on any atom is -0.371 e. The van der Waals surface area contributed by atoms with E-state index in [0.717, 1.165) is 29.9 Å². The van der Waals surface area contributed by atoms with Crippen molar-refractivity contribution in [3.63, 3.8) is 0 Å². The summed E-state index contributed by atoms with van der Waals surface area (Å²) in [5.41, 5.74) is 2.86. The zero-order valence-electron chi connectivity index (χ0n) is 12.5. The number of hydrogen-bond donors (Lipinski definition) is 0. The van der Waals surface area contributed by atoms with Gasteiger partial charge in [0.25, 0.3) is 0 Å². The van der Waals surface area contributed by atoms with Gasteiger partial charge >= 0.3 is 0 Å². The zero-order chi connectivity index (χ0) is 14.9. The van der Waals surface area contributed by atoms with E-state index in [2.05, 4.69) is 4.90 Å². The van der Waals surface area contributed by atoms with Gasteiger partial charge in [-0.1, -0.05) is 18.2 Å². The monoisotopic (exact) mass is 291 g/mol. The highest BCUT2D eigenvalue weighted by atomic mass is 32.2. The third-order valence-corrected chi connectivity index (χ3v) is 5.81. The molecule has 0 aliphatic heterocycles. The summed E-state index contributed by atoms with van der Waals surface area (Å²) in [6, 6.07) is 8.66. The lowest BCUT2D eigenvalue weighted by molar-refractivity contribution is 0.382. The molecule has 1 aromatic carbocycles. The smallest absolute Gasteiger partial charge is 0.208 e. The first-order valence-electron chi connectivity index (χ1n) is 6.92. The molecule has 0 saturated heterocycles. The summed E-state index contributed by atoms with van der Waals surface area (Å²) < 4.78 is 25.6. The second-order valence-electron chi connectivity index (χ2n) is 4.92. The van der Waals surface area contributed by atoms with Crippen molar-refractivity contribution >= 4 is 9.84 Å². The number of hydrogen-bond acceptors (Lipinski definition) is 3. The molecule has 0 heterocycles. The first kappa shape index (κ1) is 14.9. The summed E-state index contributed by atoms with van der Waals surface area (Å²) in [7, 11) is -3.42. The van der Waals surface area contributed by atoms with Gasteiger partial charge in [0.05, 0.1) is 15.5 Å². The number of benzene rings is 1. The second-order valence-corrected chi connectivity index (χ2v) is 6.80.